The molecule has 0 heterocycles. The summed E-state index contributed by atoms with van der Waals surface area (Å²) in [5.74, 6) is 3.59. The lowest BCUT2D eigenvalue weighted by Crippen LogP contribution is -2.57. The maximum atomic E-state index is 6.07. The molecule has 5 fully saturated rings. The van der Waals surface area contributed by atoms with Crippen molar-refractivity contribution in [2.75, 3.05) is 7.11 Å². The first kappa shape index (κ1) is 27.3. The standard InChI is InChI=1S/C35H60O/c1-11-33(12-2,24(3)4)19-15-25(5)26-16-18-32(9)28-14-13-27-30(6,7)29(36-10)17-20-34(27)23-35(28,34)22-21-31(26,32)8/h25-29H,3,11-23H2,1-2,4-10H3/t25-,26-,27+,28+,29+,31-,32+,34-,35+/m1/s1. The number of fused-ring (bicyclic) bond motifs is 2. The summed E-state index contributed by atoms with van der Waals surface area (Å²) in [7, 11) is 1.97. The zero-order valence-corrected chi connectivity index (χ0v) is 25.7. The van der Waals surface area contributed by atoms with Gasteiger partial charge >= 0.3 is 0 Å². The van der Waals surface area contributed by atoms with E-state index in [1.807, 2.05) is 7.11 Å². The molecule has 0 radical (unpaired) electrons. The average molecular weight is 497 g/mol. The van der Waals surface area contributed by atoms with E-state index in [0.29, 0.717) is 38.6 Å². The van der Waals surface area contributed by atoms with Gasteiger partial charge in [0.15, 0.2) is 0 Å². The van der Waals surface area contributed by atoms with E-state index in [2.05, 4.69) is 62.0 Å². The Morgan fingerprint density at radius 2 is 1.53 bits per heavy atom. The smallest absolute Gasteiger partial charge is 0.0625 e. The minimum Gasteiger partial charge on any atom is -0.381 e. The van der Waals surface area contributed by atoms with Crippen molar-refractivity contribution in [1.82, 2.24) is 0 Å². The highest BCUT2D eigenvalue weighted by atomic mass is 16.5. The Labute approximate surface area is 225 Å². The Morgan fingerprint density at radius 3 is 2.14 bits per heavy atom. The van der Waals surface area contributed by atoms with E-state index in [9.17, 15) is 0 Å². The molecule has 2 spiro atoms. The SMILES string of the molecule is C=C(C)C(CC)(CC)CC[C@@H](C)[C@H]1CC[C@@]2(C)[C@@H]3CC[C@H]4C(C)(C)[C@@H](OC)CC[C@@]45C[C@@]35CC[C@]12C. The van der Waals surface area contributed by atoms with Gasteiger partial charge in [-0.25, -0.2) is 0 Å². The fourth-order valence-corrected chi connectivity index (χ4v) is 12.8. The Bertz CT molecular complexity index is 866. The summed E-state index contributed by atoms with van der Waals surface area (Å²) in [6, 6.07) is 0. The van der Waals surface area contributed by atoms with Crippen LogP contribution in [0.5, 0.6) is 0 Å². The zero-order valence-electron chi connectivity index (χ0n) is 25.7. The molecule has 0 aromatic carbocycles. The van der Waals surface area contributed by atoms with Crippen molar-refractivity contribution in [3.05, 3.63) is 12.2 Å². The molecular formula is C35H60O. The number of methoxy groups -OCH3 is 1. The van der Waals surface area contributed by atoms with Gasteiger partial charge in [-0.1, -0.05) is 60.6 Å². The highest BCUT2D eigenvalue weighted by Gasteiger charge is 2.82. The predicted molar refractivity (Wildman–Crippen MR) is 154 cm³/mol. The lowest BCUT2D eigenvalue weighted by atomic mass is 9.41. The first-order valence-corrected chi connectivity index (χ1v) is 16.0. The molecule has 1 heteroatoms. The second-order valence-corrected chi connectivity index (χ2v) is 16.0. The van der Waals surface area contributed by atoms with E-state index in [-0.39, 0.29) is 0 Å². The monoisotopic (exact) mass is 496 g/mol. The molecule has 206 valence electrons. The molecule has 0 N–H and O–H groups in total. The van der Waals surface area contributed by atoms with Crippen LogP contribution >= 0.6 is 0 Å². The van der Waals surface area contributed by atoms with Crippen molar-refractivity contribution in [2.45, 2.75) is 145 Å². The molecule has 0 aromatic heterocycles. The first-order valence-electron chi connectivity index (χ1n) is 16.0. The fourth-order valence-electron chi connectivity index (χ4n) is 12.8. The number of ether oxygens (including phenoxy) is 1. The topological polar surface area (TPSA) is 9.23 Å². The molecule has 0 aromatic rings. The van der Waals surface area contributed by atoms with E-state index in [1.54, 1.807) is 6.42 Å². The van der Waals surface area contributed by atoms with Crippen LogP contribution < -0.4 is 0 Å². The highest BCUT2D eigenvalue weighted by Crippen LogP contribution is 2.89. The summed E-state index contributed by atoms with van der Waals surface area (Å²) < 4.78 is 6.07. The summed E-state index contributed by atoms with van der Waals surface area (Å²) in [4.78, 5) is 0. The van der Waals surface area contributed by atoms with Crippen molar-refractivity contribution >= 4 is 0 Å². The summed E-state index contributed by atoms with van der Waals surface area (Å²) in [5, 5.41) is 0. The maximum absolute atomic E-state index is 6.07. The van der Waals surface area contributed by atoms with Crippen LogP contribution in [0, 0.1) is 56.2 Å². The molecule has 1 nitrogen and oxygen atoms in total. The largest absolute Gasteiger partial charge is 0.381 e. The molecule has 0 saturated heterocycles. The number of hydrogen-bond acceptors (Lipinski definition) is 1. The van der Waals surface area contributed by atoms with Crippen LogP contribution in [0.3, 0.4) is 0 Å². The van der Waals surface area contributed by atoms with Gasteiger partial charge in [0.2, 0.25) is 0 Å². The van der Waals surface area contributed by atoms with Gasteiger partial charge in [-0.3, -0.25) is 0 Å². The zero-order chi connectivity index (χ0) is 26.4. The van der Waals surface area contributed by atoms with E-state index in [0.717, 1.165) is 23.7 Å². The molecule has 0 amide bonds. The van der Waals surface area contributed by atoms with Crippen molar-refractivity contribution in [2.24, 2.45) is 56.2 Å². The normalized spacial score (nSPS) is 47.8. The average Bonchev–Trinajstić information content (AvgIpc) is 3.41. The van der Waals surface area contributed by atoms with E-state index < -0.39 is 0 Å². The molecule has 9 atom stereocenters. The van der Waals surface area contributed by atoms with Crippen LogP contribution in [-0.4, -0.2) is 13.2 Å². The van der Waals surface area contributed by atoms with Gasteiger partial charge in [-0.2, -0.15) is 0 Å². The molecule has 5 aliphatic rings. The third kappa shape index (κ3) is 3.23. The molecule has 0 aliphatic heterocycles. The maximum Gasteiger partial charge on any atom is 0.0625 e. The van der Waals surface area contributed by atoms with Crippen LogP contribution in [-0.2, 0) is 4.74 Å². The van der Waals surface area contributed by atoms with Crippen LogP contribution in [0.15, 0.2) is 12.2 Å². The minimum absolute atomic E-state index is 0.337. The minimum atomic E-state index is 0.337. The van der Waals surface area contributed by atoms with Crippen molar-refractivity contribution in [3.8, 4) is 0 Å². The van der Waals surface area contributed by atoms with Crippen molar-refractivity contribution in [3.63, 3.8) is 0 Å². The van der Waals surface area contributed by atoms with Crippen molar-refractivity contribution in [1.29, 1.82) is 0 Å². The molecule has 5 aliphatic carbocycles. The summed E-state index contributed by atoms with van der Waals surface area (Å²) in [6.45, 7) is 24.8. The number of rotatable bonds is 8. The van der Waals surface area contributed by atoms with Gasteiger partial charge in [-0.05, 0) is 147 Å². The van der Waals surface area contributed by atoms with Gasteiger partial charge < -0.3 is 4.74 Å². The summed E-state index contributed by atoms with van der Waals surface area (Å²) >= 11 is 0. The third-order valence-electron chi connectivity index (χ3n) is 15.4. The van der Waals surface area contributed by atoms with Crippen LogP contribution in [0.1, 0.15) is 139 Å². The molecule has 0 unspecified atom stereocenters. The second-order valence-electron chi connectivity index (χ2n) is 16.0. The number of allylic oxidation sites excluding steroid dienone is 1. The quantitative estimate of drug-likeness (QED) is 0.304. The van der Waals surface area contributed by atoms with Gasteiger partial charge in [0, 0.05) is 7.11 Å². The van der Waals surface area contributed by atoms with Gasteiger partial charge in [0.1, 0.15) is 0 Å². The van der Waals surface area contributed by atoms with E-state index in [4.69, 9.17) is 4.74 Å². The lowest BCUT2D eigenvalue weighted by molar-refractivity contribution is -0.166. The van der Waals surface area contributed by atoms with Gasteiger partial charge in [0.25, 0.3) is 0 Å². The van der Waals surface area contributed by atoms with Crippen LogP contribution in [0.4, 0.5) is 0 Å². The first-order chi connectivity index (χ1) is 16.8. The van der Waals surface area contributed by atoms with Gasteiger partial charge in [0.05, 0.1) is 6.10 Å². The molecule has 5 saturated carbocycles. The predicted octanol–water partition coefficient (Wildman–Crippen LogP) is 10.2. The Hall–Kier alpha value is -0.300. The summed E-state index contributed by atoms with van der Waals surface area (Å²) in [5.41, 5.74) is 4.50. The van der Waals surface area contributed by atoms with Crippen LogP contribution in [0.2, 0.25) is 0 Å². The lowest BCUT2D eigenvalue weighted by Gasteiger charge is -2.63. The van der Waals surface area contributed by atoms with Crippen LogP contribution in [0.25, 0.3) is 0 Å². The number of hydrogen-bond donors (Lipinski definition) is 0. The molecule has 36 heavy (non-hydrogen) atoms. The molecule has 0 bridgehead atoms. The fraction of sp³-hybridized carbons (Fsp3) is 0.943. The van der Waals surface area contributed by atoms with Crippen molar-refractivity contribution < 1.29 is 4.74 Å². The molecular weight excluding hydrogens is 436 g/mol. The molecule has 5 rings (SSSR count). The summed E-state index contributed by atoms with van der Waals surface area (Å²) in [6.07, 6.45) is 18.9. The van der Waals surface area contributed by atoms with E-state index >= 15 is 0 Å². The Morgan fingerprint density at radius 1 is 0.889 bits per heavy atom. The second kappa shape index (κ2) is 8.60. The third-order valence-corrected chi connectivity index (χ3v) is 15.4. The van der Waals surface area contributed by atoms with E-state index in [1.165, 1.54) is 82.6 Å². The highest BCUT2D eigenvalue weighted by molar-refractivity contribution is 5.30. The van der Waals surface area contributed by atoms with Gasteiger partial charge in [-0.15, -0.1) is 0 Å². The Balaban J connectivity index is 1.37. The Kier molecular flexibility index (Phi) is 6.51.